The third kappa shape index (κ3) is 4.47. The Morgan fingerprint density at radius 2 is 2.16 bits per heavy atom. The van der Waals surface area contributed by atoms with Gasteiger partial charge in [0.2, 0.25) is 0 Å². The summed E-state index contributed by atoms with van der Waals surface area (Å²) in [6.45, 7) is 3.96. The van der Waals surface area contributed by atoms with Crippen LogP contribution in [0.5, 0.6) is 0 Å². The third-order valence-corrected chi connectivity index (χ3v) is 3.80. The molecule has 19 heavy (non-hydrogen) atoms. The summed E-state index contributed by atoms with van der Waals surface area (Å²) < 4.78 is 19.6. The summed E-state index contributed by atoms with van der Waals surface area (Å²) in [4.78, 5) is 12.6. The number of hydrogen-bond donors (Lipinski definition) is 1. The summed E-state index contributed by atoms with van der Waals surface area (Å²) in [6, 6.07) is 3.55. The molecule has 1 N–H and O–H groups in total. The van der Waals surface area contributed by atoms with E-state index in [1.165, 1.54) is 18.0 Å². The largest absolute Gasteiger partial charge is 0.462 e. The molecule has 1 aromatic rings. The van der Waals surface area contributed by atoms with E-state index in [0.717, 1.165) is 16.1 Å². The lowest BCUT2D eigenvalue weighted by Gasteiger charge is -2.14. The van der Waals surface area contributed by atoms with Crippen LogP contribution < -0.4 is 4.72 Å². The molecule has 0 saturated heterocycles. The van der Waals surface area contributed by atoms with Crippen molar-refractivity contribution in [3.8, 4) is 0 Å². The molecule has 1 rings (SSSR count). The van der Waals surface area contributed by atoms with Crippen LogP contribution >= 0.6 is 11.8 Å². The van der Waals surface area contributed by atoms with E-state index in [4.69, 9.17) is 4.74 Å². The van der Waals surface area contributed by atoms with Crippen LogP contribution in [-0.2, 0) is 14.4 Å². The maximum Gasteiger partial charge on any atom is 0.339 e. The molecule has 1 unspecified atom stereocenters. The third-order valence-electron chi connectivity index (χ3n) is 2.37. The Morgan fingerprint density at radius 3 is 2.63 bits per heavy atom. The molecule has 0 bridgehead atoms. The van der Waals surface area contributed by atoms with Crippen LogP contribution in [-0.4, -0.2) is 35.2 Å². The number of ether oxygens (including phenoxy) is 1. The number of nitrogens with one attached hydrogen (secondary N) is 1. The van der Waals surface area contributed by atoms with E-state index >= 15 is 0 Å². The molecule has 0 radical (unpaired) electrons. The first-order valence-electron chi connectivity index (χ1n) is 5.74. The Kier molecular flexibility index (Phi) is 5.31. The highest BCUT2D eigenvalue weighted by atomic mass is 32.2. The van der Waals surface area contributed by atoms with Crippen molar-refractivity contribution in [3.05, 3.63) is 23.3 Å². The van der Waals surface area contributed by atoms with E-state index < -0.39 is 9.71 Å². The number of aryl methyl sites for hydroxylation is 1. The predicted molar refractivity (Wildman–Crippen MR) is 83.7 cm³/mol. The minimum atomic E-state index is -2.34. The number of esters is 1. The fraction of sp³-hybridized carbons (Fsp3) is 0.385. The van der Waals surface area contributed by atoms with Crippen molar-refractivity contribution in [2.75, 3.05) is 23.8 Å². The number of hydrogen-bond acceptors (Lipinski definition) is 4. The standard InChI is InChI=1S/C13H19NO3S2/c1-6-17-13(15)10-7-9(2)11(8-12(10)18-3)14-19(4,5)16/h7-8H,4,6H2,1-3,5H3,(H,14,16). The molecule has 0 aliphatic rings. The van der Waals surface area contributed by atoms with Gasteiger partial charge in [0.1, 0.15) is 0 Å². The molecule has 0 spiro atoms. The lowest BCUT2D eigenvalue weighted by molar-refractivity contribution is 0.0522. The topological polar surface area (TPSA) is 55.4 Å². The van der Waals surface area contributed by atoms with Crippen molar-refractivity contribution in [2.24, 2.45) is 0 Å². The maximum atomic E-state index is 11.8. The highest BCUT2D eigenvalue weighted by Crippen LogP contribution is 2.28. The second-order valence-corrected chi connectivity index (χ2v) is 7.26. The summed E-state index contributed by atoms with van der Waals surface area (Å²) in [5, 5.41) is 0. The van der Waals surface area contributed by atoms with Gasteiger partial charge in [-0.25, -0.2) is 9.00 Å². The molecule has 6 heteroatoms. The van der Waals surface area contributed by atoms with E-state index in [0.29, 0.717) is 12.2 Å². The number of carbonyl (C=O) groups excluding carboxylic acids is 1. The van der Waals surface area contributed by atoms with Crippen molar-refractivity contribution in [1.29, 1.82) is 0 Å². The number of thioether (sulfide) groups is 1. The Hall–Kier alpha value is -1.14. The minimum Gasteiger partial charge on any atom is -0.462 e. The molecule has 0 aromatic heterocycles. The summed E-state index contributed by atoms with van der Waals surface area (Å²) in [5.74, 6) is 3.23. The zero-order valence-corrected chi connectivity index (χ0v) is 13.2. The van der Waals surface area contributed by atoms with Gasteiger partial charge in [-0.15, -0.1) is 11.8 Å². The van der Waals surface area contributed by atoms with Gasteiger partial charge in [-0.2, -0.15) is 0 Å². The lowest BCUT2D eigenvalue weighted by atomic mass is 10.1. The van der Waals surface area contributed by atoms with E-state index in [-0.39, 0.29) is 5.97 Å². The normalized spacial score (nSPS) is 13.7. The van der Waals surface area contributed by atoms with Gasteiger partial charge >= 0.3 is 5.97 Å². The molecule has 0 fully saturated rings. The monoisotopic (exact) mass is 301 g/mol. The first kappa shape index (κ1) is 15.9. The first-order valence-corrected chi connectivity index (χ1v) is 9.10. The van der Waals surface area contributed by atoms with Gasteiger partial charge in [-0.3, -0.25) is 0 Å². The Labute approximate surface area is 119 Å². The summed E-state index contributed by atoms with van der Waals surface area (Å²) in [5.41, 5.74) is 2.09. The SMILES string of the molecule is C=S(C)(=O)Nc1cc(SC)c(C(=O)OCC)cc1C. The Morgan fingerprint density at radius 1 is 1.53 bits per heavy atom. The average molecular weight is 301 g/mol. The number of benzene rings is 1. The molecular weight excluding hydrogens is 282 g/mol. The van der Waals surface area contributed by atoms with Crippen LogP contribution in [0.15, 0.2) is 17.0 Å². The first-order chi connectivity index (χ1) is 8.78. The van der Waals surface area contributed by atoms with Gasteiger partial charge in [-0.05, 0) is 43.7 Å². The molecule has 0 heterocycles. The van der Waals surface area contributed by atoms with Gasteiger partial charge in [0.25, 0.3) is 0 Å². The predicted octanol–water partition coefficient (Wildman–Crippen LogP) is 2.57. The van der Waals surface area contributed by atoms with Crippen molar-refractivity contribution in [1.82, 2.24) is 0 Å². The van der Waals surface area contributed by atoms with Gasteiger partial charge < -0.3 is 9.46 Å². The van der Waals surface area contributed by atoms with Crippen LogP contribution in [0, 0.1) is 6.92 Å². The highest BCUT2D eigenvalue weighted by molar-refractivity contribution is 8.00. The Balaban J connectivity index is 3.25. The van der Waals surface area contributed by atoms with Crippen molar-refractivity contribution in [3.63, 3.8) is 0 Å². The van der Waals surface area contributed by atoms with Crippen LogP contribution in [0.3, 0.4) is 0 Å². The van der Waals surface area contributed by atoms with Crippen LogP contribution in [0.2, 0.25) is 0 Å². The highest BCUT2D eigenvalue weighted by Gasteiger charge is 2.15. The summed E-state index contributed by atoms with van der Waals surface area (Å²) in [7, 11) is -2.34. The van der Waals surface area contributed by atoms with Crippen LogP contribution in [0.25, 0.3) is 0 Å². The zero-order chi connectivity index (χ0) is 14.6. The second-order valence-electron chi connectivity index (χ2n) is 4.19. The molecule has 0 aliphatic carbocycles. The van der Waals surface area contributed by atoms with Gasteiger partial charge in [0.05, 0.1) is 12.2 Å². The molecule has 0 saturated carbocycles. The van der Waals surface area contributed by atoms with Gasteiger partial charge in [-0.1, -0.05) is 0 Å². The quantitative estimate of drug-likeness (QED) is 0.516. The molecule has 0 aliphatic heterocycles. The molecule has 4 nitrogen and oxygen atoms in total. The molecule has 1 atom stereocenters. The smallest absolute Gasteiger partial charge is 0.339 e. The minimum absolute atomic E-state index is 0.339. The molecule has 106 valence electrons. The molecule has 0 amide bonds. The number of rotatable bonds is 5. The zero-order valence-electron chi connectivity index (χ0n) is 11.6. The fourth-order valence-electron chi connectivity index (χ4n) is 1.57. The van der Waals surface area contributed by atoms with Crippen LogP contribution in [0.1, 0.15) is 22.8 Å². The van der Waals surface area contributed by atoms with E-state index in [9.17, 15) is 9.00 Å². The summed E-state index contributed by atoms with van der Waals surface area (Å²) >= 11 is 1.44. The van der Waals surface area contributed by atoms with E-state index in [2.05, 4.69) is 10.6 Å². The maximum absolute atomic E-state index is 11.8. The van der Waals surface area contributed by atoms with E-state index in [1.807, 2.05) is 13.2 Å². The van der Waals surface area contributed by atoms with Crippen molar-refractivity contribution in [2.45, 2.75) is 18.7 Å². The van der Waals surface area contributed by atoms with Gasteiger partial charge in [0, 0.05) is 26.5 Å². The number of carbonyl (C=O) groups is 1. The van der Waals surface area contributed by atoms with Crippen molar-refractivity contribution >= 4 is 39.0 Å². The van der Waals surface area contributed by atoms with Crippen LogP contribution in [0.4, 0.5) is 5.69 Å². The average Bonchev–Trinajstić information content (AvgIpc) is 2.29. The van der Waals surface area contributed by atoms with E-state index in [1.54, 1.807) is 19.1 Å². The Bertz CT molecular complexity index is 580. The molecule has 1 aromatic carbocycles. The molecular formula is C13H19NO3S2. The fourth-order valence-corrected chi connectivity index (χ4v) is 2.85. The van der Waals surface area contributed by atoms with Gasteiger partial charge in [0.15, 0.2) is 0 Å². The van der Waals surface area contributed by atoms with Crippen molar-refractivity contribution < 1.29 is 13.7 Å². The number of anilines is 1. The lowest BCUT2D eigenvalue weighted by Crippen LogP contribution is -2.12. The second kappa shape index (κ2) is 6.34. The summed E-state index contributed by atoms with van der Waals surface area (Å²) in [6.07, 6.45) is 3.41.